The first-order chi connectivity index (χ1) is 6.56. The van der Waals surface area contributed by atoms with Crippen molar-refractivity contribution in [2.45, 2.75) is 26.9 Å². The van der Waals surface area contributed by atoms with E-state index in [-0.39, 0.29) is 0 Å². The Bertz CT molecular complexity index is 321. The summed E-state index contributed by atoms with van der Waals surface area (Å²) < 4.78 is 5.42. The van der Waals surface area contributed by atoms with Crippen molar-refractivity contribution < 1.29 is 9.84 Å². The minimum Gasteiger partial charge on any atom is -0.493 e. The topological polar surface area (TPSA) is 29.5 Å². The third-order valence-electron chi connectivity index (χ3n) is 2.04. The number of aliphatic hydroxyl groups is 1. The highest BCUT2D eigenvalue weighted by Gasteiger charge is 2.11. The SMILES string of the molecule is CCOc1cc(C)c(Cl)cc1C(C)O. The van der Waals surface area contributed by atoms with Gasteiger partial charge >= 0.3 is 0 Å². The van der Waals surface area contributed by atoms with Gasteiger partial charge < -0.3 is 9.84 Å². The van der Waals surface area contributed by atoms with Crippen molar-refractivity contribution in [1.29, 1.82) is 0 Å². The van der Waals surface area contributed by atoms with Crippen LogP contribution in [0.3, 0.4) is 0 Å². The lowest BCUT2D eigenvalue weighted by Crippen LogP contribution is -2.00. The van der Waals surface area contributed by atoms with E-state index < -0.39 is 6.10 Å². The van der Waals surface area contributed by atoms with Crippen LogP contribution in [-0.2, 0) is 0 Å². The van der Waals surface area contributed by atoms with Crippen LogP contribution in [0.4, 0.5) is 0 Å². The standard InChI is InChI=1S/C11H15ClO2/c1-4-14-11-5-7(2)10(12)6-9(11)8(3)13/h5-6,8,13H,4H2,1-3H3. The fourth-order valence-electron chi connectivity index (χ4n) is 1.28. The molecule has 14 heavy (non-hydrogen) atoms. The molecule has 0 radical (unpaired) electrons. The van der Waals surface area contributed by atoms with Crippen LogP contribution in [0.5, 0.6) is 5.75 Å². The Hall–Kier alpha value is -0.730. The second-order valence-corrected chi connectivity index (χ2v) is 3.66. The van der Waals surface area contributed by atoms with Gasteiger partial charge in [0.25, 0.3) is 0 Å². The average Bonchev–Trinajstić information content (AvgIpc) is 2.11. The number of hydrogen-bond acceptors (Lipinski definition) is 2. The van der Waals surface area contributed by atoms with Crippen molar-refractivity contribution in [3.05, 3.63) is 28.3 Å². The van der Waals surface area contributed by atoms with E-state index in [4.69, 9.17) is 16.3 Å². The molecule has 1 atom stereocenters. The molecule has 3 heteroatoms. The van der Waals surface area contributed by atoms with E-state index in [9.17, 15) is 5.11 Å². The molecule has 0 aliphatic carbocycles. The van der Waals surface area contributed by atoms with Crippen molar-refractivity contribution in [1.82, 2.24) is 0 Å². The largest absolute Gasteiger partial charge is 0.493 e. The zero-order valence-electron chi connectivity index (χ0n) is 8.67. The van der Waals surface area contributed by atoms with Crippen LogP contribution < -0.4 is 4.74 Å². The van der Waals surface area contributed by atoms with Gasteiger partial charge in [0.15, 0.2) is 0 Å². The van der Waals surface area contributed by atoms with Crippen LogP contribution >= 0.6 is 11.6 Å². The molecule has 0 aliphatic heterocycles. The van der Waals surface area contributed by atoms with Crippen LogP contribution in [0.25, 0.3) is 0 Å². The minimum atomic E-state index is -0.561. The highest BCUT2D eigenvalue weighted by molar-refractivity contribution is 6.31. The van der Waals surface area contributed by atoms with Gasteiger partial charge in [-0.3, -0.25) is 0 Å². The summed E-state index contributed by atoms with van der Waals surface area (Å²) in [6, 6.07) is 3.61. The molecule has 1 N–H and O–H groups in total. The Morgan fingerprint density at radius 1 is 1.50 bits per heavy atom. The van der Waals surface area contributed by atoms with Gasteiger partial charge in [-0.05, 0) is 38.5 Å². The Morgan fingerprint density at radius 2 is 2.14 bits per heavy atom. The minimum absolute atomic E-state index is 0.561. The Morgan fingerprint density at radius 3 is 2.64 bits per heavy atom. The molecule has 1 rings (SSSR count). The molecule has 0 bridgehead atoms. The van der Waals surface area contributed by atoms with E-state index in [2.05, 4.69) is 0 Å². The van der Waals surface area contributed by atoms with Gasteiger partial charge in [-0.15, -0.1) is 0 Å². The van der Waals surface area contributed by atoms with Gasteiger partial charge in [-0.2, -0.15) is 0 Å². The van der Waals surface area contributed by atoms with E-state index in [1.807, 2.05) is 19.9 Å². The van der Waals surface area contributed by atoms with Gasteiger partial charge in [0.05, 0.1) is 12.7 Å². The van der Waals surface area contributed by atoms with Gasteiger partial charge in [-0.25, -0.2) is 0 Å². The highest BCUT2D eigenvalue weighted by atomic mass is 35.5. The molecule has 2 nitrogen and oxygen atoms in total. The predicted molar refractivity (Wildman–Crippen MR) is 58.0 cm³/mol. The summed E-state index contributed by atoms with van der Waals surface area (Å²) in [6.07, 6.45) is -0.561. The van der Waals surface area contributed by atoms with E-state index in [1.165, 1.54) is 0 Å². The molecule has 1 unspecified atom stereocenters. The summed E-state index contributed by atoms with van der Waals surface area (Å²) in [6.45, 7) is 6.11. The third kappa shape index (κ3) is 2.40. The molecule has 1 aromatic carbocycles. The van der Waals surface area contributed by atoms with Crippen molar-refractivity contribution in [3.8, 4) is 5.75 Å². The van der Waals surface area contributed by atoms with Gasteiger partial charge in [0.1, 0.15) is 5.75 Å². The summed E-state index contributed by atoms with van der Waals surface area (Å²) in [5, 5.41) is 10.2. The van der Waals surface area contributed by atoms with Crippen molar-refractivity contribution >= 4 is 11.6 Å². The molecule has 1 aromatic rings. The first-order valence-corrected chi connectivity index (χ1v) is 5.05. The van der Waals surface area contributed by atoms with Crippen LogP contribution in [0.1, 0.15) is 31.1 Å². The van der Waals surface area contributed by atoms with Gasteiger partial charge in [0, 0.05) is 10.6 Å². The summed E-state index contributed by atoms with van der Waals surface area (Å²) >= 11 is 5.96. The lowest BCUT2D eigenvalue weighted by molar-refractivity contribution is 0.192. The zero-order valence-corrected chi connectivity index (χ0v) is 9.43. The summed E-state index contributed by atoms with van der Waals surface area (Å²) in [5.41, 5.74) is 1.70. The van der Waals surface area contributed by atoms with Crippen LogP contribution in [0.2, 0.25) is 5.02 Å². The van der Waals surface area contributed by atoms with Crippen molar-refractivity contribution in [3.63, 3.8) is 0 Å². The number of halogens is 1. The van der Waals surface area contributed by atoms with E-state index in [1.54, 1.807) is 13.0 Å². The van der Waals surface area contributed by atoms with Crippen molar-refractivity contribution in [2.24, 2.45) is 0 Å². The molecule has 0 saturated heterocycles. The lowest BCUT2D eigenvalue weighted by atomic mass is 10.1. The molecule has 78 valence electrons. The van der Waals surface area contributed by atoms with E-state index >= 15 is 0 Å². The second kappa shape index (κ2) is 4.67. The maximum Gasteiger partial charge on any atom is 0.125 e. The lowest BCUT2D eigenvalue weighted by Gasteiger charge is -2.14. The fourth-order valence-corrected chi connectivity index (χ4v) is 1.45. The molecular weight excluding hydrogens is 200 g/mol. The molecule has 0 aromatic heterocycles. The number of hydrogen-bond donors (Lipinski definition) is 1. The number of ether oxygens (including phenoxy) is 1. The smallest absolute Gasteiger partial charge is 0.125 e. The summed E-state index contributed by atoms with van der Waals surface area (Å²) in [5.74, 6) is 0.712. The highest BCUT2D eigenvalue weighted by Crippen LogP contribution is 2.30. The quantitative estimate of drug-likeness (QED) is 0.838. The monoisotopic (exact) mass is 214 g/mol. The summed E-state index contributed by atoms with van der Waals surface area (Å²) in [4.78, 5) is 0. The second-order valence-electron chi connectivity index (χ2n) is 3.25. The van der Waals surface area contributed by atoms with E-state index in [0.717, 1.165) is 11.1 Å². The first-order valence-electron chi connectivity index (χ1n) is 4.67. The molecule has 0 fully saturated rings. The molecule has 0 aliphatic rings. The van der Waals surface area contributed by atoms with Crippen molar-refractivity contribution in [2.75, 3.05) is 6.61 Å². The zero-order chi connectivity index (χ0) is 10.7. The van der Waals surface area contributed by atoms with Crippen LogP contribution in [0.15, 0.2) is 12.1 Å². The first kappa shape index (κ1) is 11.3. The number of aliphatic hydroxyl groups excluding tert-OH is 1. The van der Waals surface area contributed by atoms with Gasteiger partial charge in [-0.1, -0.05) is 11.6 Å². The normalized spacial score (nSPS) is 12.6. The summed E-state index contributed by atoms with van der Waals surface area (Å²) in [7, 11) is 0. The number of benzene rings is 1. The van der Waals surface area contributed by atoms with Crippen LogP contribution in [0, 0.1) is 6.92 Å². The number of rotatable bonds is 3. The number of aryl methyl sites for hydroxylation is 1. The van der Waals surface area contributed by atoms with Gasteiger partial charge in [0.2, 0.25) is 0 Å². The molecule has 0 heterocycles. The Kier molecular flexibility index (Phi) is 3.78. The molecule has 0 spiro atoms. The fraction of sp³-hybridized carbons (Fsp3) is 0.455. The Labute approximate surface area is 89.5 Å². The average molecular weight is 215 g/mol. The molecule has 0 amide bonds. The Balaban J connectivity index is 3.17. The maximum absolute atomic E-state index is 9.51. The maximum atomic E-state index is 9.51. The van der Waals surface area contributed by atoms with Crippen LogP contribution in [-0.4, -0.2) is 11.7 Å². The third-order valence-corrected chi connectivity index (χ3v) is 2.45. The molecular formula is C11H15ClO2. The predicted octanol–water partition coefficient (Wildman–Crippen LogP) is 3.10. The van der Waals surface area contributed by atoms with E-state index in [0.29, 0.717) is 17.4 Å². The molecule has 0 saturated carbocycles.